The number of rotatable bonds is 4. The van der Waals surface area contributed by atoms with Gasteiger partial charge in [-0.15, -0.1) is 0 Å². The first-order valence-electron chi connectivity index (χ1n) is 7.74. The molecule has 1 aliphatic heterocycles. The van der Waals surface area contributed by atoms with Gasteiger partial charge in [-0.2, -0.15) is 0 Å². The van der Waals surface area contributed by atoms with Gasteiger partial charge in [-0.05, 0) is 36.5 Å². The Morgan fingerprint density at radius 1 is 1.30 bits per heavy atom. The van der Waals surface area contributed by atoms with E-state index in [4.69, 9.17) is 16.1 Å². The number of hydrogen-bond acceptors (Lipinski definition) is 4. The second-order valence-corrected chi connectivity index (χ2v) is 6.32. The Morgan fingerprint density at radius 2 is 2.00 bits per heavy atom. The lowest BCUT2D eigenvalue weighted by atomic mass is 9.87. The SMILES string of the molecule is O=C(Cc1ccon1)N1CCC(C(O)c2ccc(Cl)cc2)CC1. The zero-order valence-electron chi connectivity index (χ0n) is 12.7. The molecule has 1 fully saturated rings. The number of aliphatic hydroxyl groups is 1. The summed E-state index contributed by atoms with van der Waals surface area (Å²) in [7, 11) is 0. The van der Waals surface area contributed by atoms with Crippen LogP contribution in [0.15, 0.2) is 41.1 Å². The second-order valence-electron chi connectivity index (χ2n) is 5.88. The summed E-state index contributed by atoms with van der Waals surface area (Å²) in [6.07, 6.45) is 2.79. The van der Waals surface area contributed by atoms with Crippen molar-refractivity contribution in [3.63, 3.8) is 0 Å². The third kappa shape index (κ3) is 3.92. The molecule has 23 heavy (non-hydrogen) atoms. The predicted octanol–water partition coefficient (Wildman–Crippen LogP) is 2.84. The number of halogens is 1. The second kappa shape index (κ2) is 7.15. The molecule has 1 saturated heterocycles. The number of aliphatic hydroxyl groups excluding tert-OH is 1. The maximum absolute atomic E-state index is 12.2. The minimum Gasteiger partial charge on any atom is -0.388 e. The van der Waals surface area contributed by atoms with Gasteiger partial charge in [-0.3, -0.25) is 4.79 Å². The van der Waals surface area contributed by atoms with Gasteiger partial charge in [0.1, 0.15) is 6.26 Å². The van der Waals surface area contributed by atoms with Crippen molar-refractivity contribution in [3.05, 3.63) is 52.9 Å². The molecule has 122 valence electrons. The molecule has 1 atom stereocenters. The van der Waals surface area contributed by atoms with Gasteiger partial charge in [0.05, 0.1) is 18.2 Å². The number of amides is 1. The predicted molar refractivity (Wildman–Crippen MR) is 85.9 cm³/mol. The highest BCUT2D eigenvalue weighted by Crippen LogP contribution is 2.31. The molecule has 2 aromatic rings. The van der Waals surface area contributed by atoms with Crippen LogP contribution in [0.5, 0.6) is 0 Å². The van der Waals surface area contributed by atoms with E-state index >= 15 is 0 Å². The van der Waals surface area contributed by atoms with E-state index < -0.39 is 6.10 Å². The number of aromatic nitrogens is 1. The Kier molecular flexibility index (Phi) is 4.98. The monoisotopic (exact) mass is 334 g/mol. The minimum atomic E-state index is -0.514. The third-order valence-electron chi connectivity index (χ3n) is 4.37. The minimum absolute atomic E-state index is 0.0540. The fourth-order valence-electron chi connectivity index (χ4n) is 2.99. The molecule has 1 unspecified atom stereocenters. The summed E-state index contributed by atoms with van der Waals surface area (Å²) in [5.74, 6) is 0.214. The number of hydrogen-bond donors (Lipinski definition) is 1. The summed E-state index contributed by atoms with van der Waals surface area (Å²) in [5.41, 5.74) is 1.53. The average molecular weight is 335 g/mol. The summed E-state index contributed by atoms with van der Waals surface area (Å²) in [6.45, 7) is 1.32. The molecular weight excluding hydrogens is 316 g/mol. The molecule has 0 spiro atoms. The van der Waals surface area contributed by atoms with Crippen LogP contribution in [0.1, 0.15) is 30.2 Å². The van der Waals surface area contributed by atoms with E-state index in [1.807, 2.05) is 17.0 Å². The zero-order valence-corrected chi connectivity index (χ0v) is 13.4. The lowest BCUT2D eigenvalue weighted by molar-refractivity contribution is -0.132. The first-order chi connectivity index (χ1) is 11.1. The molecule has 1 aliphatic rings. The van der Waals surface area contributed by atoms with Gasteiger partial charge in [-0.25, -0.2) is 0 Å². The van der Waals surface area contributed by atoms with Crippen molar-refractivity contribution < 1.29 is 14.4 Å². The molecule has 0 bridgehead atoms. The number of nitrogens with zero attached hydrogens (tertiary/aromatic N) is 2. The molecule has 5 nitrogen and oxygen atoms in total. The van der Waals surface area contributed by atoms with Gasteiger partial charge in [0, 0.05) is 24.2 Å². The number of likely N-dealkylation sites (tertiary alicyclic amines) is 1. The summed E-state index contributed by atoms with van der Waals surface area (Å²) in [5, 5.41) is 14.9. The van der Waals surface area contributed by atoms with Gasteiger partial charge in [-0.1, -0.05) is 28.9 Å². The van der Waals surface area contributed by atoms with E-state index in [2.05, 4.69) is 5.16 Å². The summed E-state index contributed by atoms with van der Waals surface area (Å²) in [4.78, 5) is 14.0. The normalized spacial score (nSPS) is 17.2. The molecule has 1 amide bonds. The fourth-order valence-corrected chi connectivity index (χ4v) is 3.12. The van der Waals surface area contributed by atoms with Gasteiger partial charge in [0.2, 0.25) is 5.91 Å². The molecular formula is C17H19ClN2O3. The van der Waals surface area contributed by atoms with Crippen molar-refractivity contribution in [1.82, 2.24) is 10.1 Å². The highest BCUT2D eigenvalue weighted by atomic mass is 35.5. The van der Waals surface area contributed by atoms with Crippen LogP contribution in [0.4, 0.5) is 0 Å². The van der Waals surface area contributed by atoms with Crippen LogP contribution >= 0.6 is 11.6 Å². The zero-order chi connectivity index (χ0) is 16.2. The van der Waals surface area contributed by atoms with Crippen LogP contribution < -0.4 is 0 Å². The summed E-state index contributed by atoms with van der Waals surface area (Å²) >= 11 is 5.88. The van der Waals surface area contributed by atoms with Crippen molar-refractivity contribution in [2.24, 2.45) is 5.92 Å². The number of benzene rings is 1. The van der Waals surface area contributed by atoms with Gasteiger partial charge < -0.3 is 14.5 Å². The molecule has 0 saturated carbocycles. The van der Waals surface area contributed by atoms with E-state index in [0.717, 1.165) is 18.4 Å². The Hall–Kier alpha value is -1.85. The van der Waals surface area contributed by atoms with Crippen molar-refractivity contribution in [1.29, 1.82) is 0 Å². The van der Waals surface area contributed by atoms with Gasteiger partial charge in [0.25, 0.3) is 0 Å². The third-order valence-corrected chi connectivity index (χ3v) is 4.63. The van der Waals surface area contributed by atoms with E-state index in [1.165, 1.54) is 6.26 Å². The van der Waals surface area contributed by atoms with Crippen molar-refractivity contribution in [2.75, 3.05) is 13.1 Å². The topological polar surface area (TPSA) is 66.6 Å². The number of piperidine rings is 1. The quantitative estimate of drug-likeness (QED) is 0.933. The van der Waals surface area contributed by atoms with Crippen LogP contribution in [0.2, 0.25) is 5.02 Å². The first-order valence-corrected chi connectivity index (χ1v) is 8.12. The fraction of sp³-hybridized carbons (Fsp3) is 0.412. The Morgan fingerprint density at radius 3 is 2.61 bits per heavy atom. The molecule has 0 aliphatic carbocycles. The summed E-state index contributed by atoms with van der Waals surface area (Å²) < 4.78 is 4.75. The molecule has 6 heteroatoms. The van der Waals surface area contributed by atoms with Crippen LogP contribution in [-0.4, -0.2) is 34.2 Å². The van der Waals surface area contributed by atoms with E-state index in [0.29, 0.717) is 23.8 Å². The van der Waals surface area contributed by atoms with Crippen molar-refractivity contribution >= 4 is 17.5 Å². The number of carbonyl (C=O) groups excluding carboxylic acids is 1. The first kappa shape index (κ1) is 16.0. The number of carbonyl (C=O) groups is 1. The standard InChI is InChI=1S/C17H19ClN2O3/c18-14-3-1-12(2-4-14)17(22)13-5-8-20(9-6-13)16(21)11-15-7-10-23-19-15/h1-4,7,10,13,17,22H,5-6,8-9,11H2. The molecule has 1 N–H and O–H groups in total. The molecule has 1 aromatic carbocycles. The van der Waals surface area contributed by atoms with E-state index in [9.17, 15) is 9.90 Å². The molecule has 1 aromatic heterocycles. The van der Waals surface area contributed by atoms with Crippen LogP contribution in [0.25, 0.3) is 0 Å². The lowest BCUT2D eigenvalue weighted by Crippen LogP contribution is -2.40. The maximum Gasteiger partial charge on any atom is 0.228 e. The maximum atomic E-state index is 12.2. The Balaban J connectivity index is 1.53. The van der Waals surface area contributed by atoms with Crippen molar-refractivity contribution in [3.8, 4) is 0 Å². The van der Waals surface area contributed by atoms with Crippen molar-refractivity contribution in [2.45, 2.75) is 25.4 Å². The Bertz CT molecular complexity index is 634. The Labute approximate surface area is 139 Å². The highest BCUT2D eigenvalue weighted by molar-refractivity contribution is 6.30. The largest absolute Gasteiger partial charge is 0.388 e. The lowest BCUT2D eigenvalue weighted by Gasteiger charge is -2.34. The molecule has 2 heterocycles. The van der Waals surface area contributed by atoms with Gasteiger partial charge in [0.15, 0.2) is 0 Å². The van der Waals surface area contributed by atoms with Crippen LogP contribution in [0, 0.1) is 5.92 Å². The smallest absolute Gasteiger partial charge is 0.228 e. The van der Waals surface area contributed by atoms with Gasteiger partial charge >= 0.3 is 0 Å². The molecule has 0 radical (unpaired) electrons. The van der Waals surface area contributed by atoms with E-state index in [1.54, 1.807) is 18.2 Å². The summed E-state index contributed by atoms with van der Waals surface area (Å²) in [6, 6.07) is 8.99. The van der Waals surface area contributed by atoms with E-state index in [-0.39, 0.29) is 18.2 Å². The highest BCUT2D eigenvalue weighted by Gasteiger charge is 2.28. The average Bonchev–Trinajstić information content (AvgIpc) is 3.08. The van der Waals surface area contributed by atoms with Crippen LogP contribution in [0.3, 0.4) is 0 Å². The van der Waals surface area contributed by atoms with Crippen LogP contribution in [-0.2, 0) is 11.2 Å². The molecule has 3 rings (SSSR count).